The van der Waals surface area contributed by atoms with Crippen LogP contribution in [0.5, 0.6) is 0 Å². The lowest BCUT2D eigenvalue weighted by Gasteiger charge is -2.71. The molecule has 0 radical (unpaired) electrons. The highest BCUT2D eigenvalue weighted by molar-refractivity contribution is 5.84. The van der Waals surface area contributed by atoms with Gasteiger partial charge in [-0.2, -0.15) is 0 Å². The number of nitrogens with one attached hydrogen (secondary N) is 2. The Labute approximate surface area is 315 Å². The molecule has 5 rings (SSSR count). The number of aliphatic hydroxyl groups excluding tert-OH is 2. The number of carboxylic acids is 1. The number of aliphatic carboxylic acids is 1. The van der Waals surface area contributed by atoms with Gasteiger partial charge < -0.3 is 26.0 Å². The molecule has 0 bridgehead atoms. The SMILES string of the molecule is C[C@H](NC(=O)CCCCCCCCCCNC(=O)[C@]12CCC(C)(C)C[C@H]1C1=CC[C@@H]3[C@@]4(C)C[C@@H](O)[C@H](O)C(C)(C)[C@@H]4CC[C@@]3(C)[C@]1(C)CC2)C(=O)O. The summed E-state index contributed by atoms with van der Waals surface area (Å²) in [7, 11) is 0. The van der Waals surface area contributed by atoms with Crippen LogP contribution in [0.3, 0.4) is 0 Å². The first kappa shape index (κ1) is 41.2. The maximum absolute atomic E-state index is 14.4. The number of allylic oxidation sites excluding steroid dienone is 2. The van der Waals surface area contributed by atoms with Gasteiger partial charge in [-0.25, -0.2) is 0 Å². The maximum atomic E-state index is 14.4. The Kier molecular flexibility index (Phi) is 12.1. The van der Waals surface area contributed by atoms with Crippen molar-refractivity contribution in [3.63, 3.8) is 0 Å². The van der Waals surface area contributed by atoms with Gasteiger partial charge in [-0.3, -0.25) is 14.4 Å². The van der Waals surface area contributed by atoms with E-state index in [9.17, 15) is 24.6 Å². The second-order valence-electron chi connectivity index (χ2n) is 20.4. The lowest BCUT2D eigenvalue weighted by Crippen LogP contribution is -2.67. The molecule has 0 aromatic heterocycles. The number of rotatable bonds is 14. The topological polar surface area (TPSA) is 136 Å². The predicted molar refractivity (Wildman–Crippen MR) is 206 cm³/mol. The summed E-state index contributed by atoms with van der Waals surface area (Å²) < 4.78 is 0. The third kappa shape index (κ3) is 7.39. The molecule has 0 aliphatic heterocycles. The van der Waals surface area contributed by atoms with Gasteiger partial charge in [0.05, 0.1) is 17.6 Å². The van der Waals surface area contributed by atoms with Crippen LogP contribution >= 0.6 is 0 Å². The summed E-state index contributed by atoms with van der Waals surface area (Å²) in [6.07, 6.45) is 19.0. The van der Waals surface area contributed by atoms with E-state index >= 15 is 0 Å². The predicted octanol–water partition coefficient (Wildman–Crippen LogP) is 8.34. The van der Waals surface area contributed by atoms with E-state index in [2.05, 4.69) is 65.2 Å². The molecule has 5 N–H and O–H groups in total. The minimum atomic E-state index is -1.01. The second-order valence-corrected chi connectivity index (χ2v) is 20.4. The first-order valence-corrected chi connectivity index (χ1v) is 21.1. The maximum Gasteiger partial charge on any atom is 0.325 e. The van der Waals surface area contributed by atoms with Gasteiger partial charge in [0.1, 0.15) is 6.04 Å². The summed E-state index contributed by atoms with van der Waals surface area (Å²) in [6, 6.07) is -0.842. The van der Waals surface area contributed by atoms with Gasteiger partial charge >= 0.3 is 5.97 Å². The number of carboxylic acid groups (broad SMARTS) is 1. The third-order valence-electron chi connectivity index (χ3n) is 16.4. The van der Waals surface area contributed by atoms with Crippen molar-refractivity contribution in [1.82, 2.24) is 10.6 Å². The summed E-state index contributed by atoms with van der Waals surface area (Å²) in [5.74, 6) is 0.158. The highest BCUT2D eigenvalue weighted by Gasteiger charge is 2.70. The number of amides is 2. The standard InChI is InChI=1S/C44H74N2O6/c1-29(37(50)51)46-35(48)17-15-13-11-9-10-12-14-16-26-45-38(52)44-24-22-39(2,3)27-31(44)30-18-19-34-41(6)28-32(47)36(49)40(4,5)33(41)20-21-43(34,8)42(30,7)23-25-44/h18,29,31-34,36,47,49H,9-17,19-28H2,1-8H3,(H,45,52)(H,46,48)(H,50,51)/t29-,31-,32+,33-,34+,36-,41-,42+,43+,44-/m0/s1. The van der Waals surface area contributed by atoms with Crippen molar-refractivity contribution >= 4 is 17.8 Å². The second kappa shape index (κ2) is 15.3. The summed E-state index contributed by atoms with van der Waals surface area (Å²) in [5, 5.41) is 37.2. The van der Waals surface area contributed by atoms with Crippen molar-refractivity contribution in [2.75, 3.05) is 6.54 Å². The molecule has 52 heavy (non-hydrogen) atoms. The zero-order chi connectivity index (χ0) is 38.3. The van der Waals surface area contributed by atoms with Gasteiger partial charge in [-0.1, -0.05) is 98.6 Å². The molecule has 0 aromatic rings. The fourth-order valence-electron chi connectivity index (χ4n) is 13.0. The van der Waals surface area contributed by atoms with Gasteiger partial charge in [-0.15, -0.1) is 0 Å². The fourth-order valence-corrected chi connectivity index (χ4v) is 13.0. The molecule has 8 nitrogen and oxygen atoms in total. The number of unbranched alkanes of at least 4 members (excludes halogenated alkanes) is 7. The van der Waals surface area contributed by atoms with E-state index < -0.39 is 24.2 Å². The zero-order valence-corrected chi connectivity index (χ0v) is 34.0. The fraction of sp³-hybridized carbons (Fsp3) is 0.886. The Hall–Kier alpha value is -1.93. The molecule has 8 heteroatoms. The molecule has 0 heterocycles. The Bertz CT molecular complexity index is 1360. The van der Waals surface area contributed by atoms with E-state index in [0.29, 0.717) is 24.7 Å². The number of fused-ring (bicyclic) bond motifs is 7. The van der Waals surface area contributed by atoms with Crippen molar-refractivity contribution in [3.8, 4) is 0 Å². The highest BCUT2D eigenvalue weighted by atomic mass is 16.4. The normalized spacial score (nSPS) is 39.4. The van der Waals surface area contributed by atoms with E-state index in [0.717, 1.165) is 109 Å². The molecule has 0 unspecified atom stereocenters. The summed E-state index contributed by atoms with van der Waals surface area (Å²) in [6.45, 7) is 18.9. The molecular weight excluding hydrogens is 652 g/mol. The largest absolute Gasteiger partial charge is 0.480 e. The van der Waals surface area contributed by atoms with Crippen LogP contribution in [0.4, 0.5) is 0 Å². The molecule has 296 valence electrons. The van der Waals surface area contributed by atoms with E-state index in [1.165, 1.54) is 6.92 Å². The highest BCUT2D eigenvalue weighted by Crippen LogP contribution is 2.75. The van der Waals surface area contributed by atoms with Crippen LogP contribution in [0, 0.1) is 50.2 Å². The molecular formula is C44H74N2O6. The molecule has 4 saturated carbocycles. The third-order valence-corrected chi connectivity index (χ3v) is 16.4. The van der Waals surface area contributed by atoms with Gasteiger partial charge in [0.25, 0.3) is 0 Å². The lowest BCUT2D eigenvalue weighted by atomic mass is 9.33. The van der Waals surface area contributed by atoms with Crippen LogP contribution in [-0.2, 0) is 14.4 Å². The number of hydrogen-bond donors (Lipinski definition) is 5. The van der Waals surface area contributed by atoms with Crippen LogP contribution in [0.25, 0.3) is 0 Å². The number of carbonyl (C=O) groups excluding carboxylic acids is 2. The van der Waals surface area contributed by atoms with Crippen LogP contribution in [-0.4, -0.2) is 57.9 Å². The quantitative estimate of drug-likeness (QED) is 0.0902. The number of aliphatic hydroxyl groups is 2. The monoisotopic (exact) mass is 727 g/mol. The van der Waals surface area contributed by atoms with Gasteiger partial charge in [0, 0.05) is 13.0 Å². The van der Waals surface area contributed by atoms with Gasteiger partial charge in [0.2, 0.25) is 11.8 Å². The van der Waals surface area contributed by atoms with Gasteiger partial charge in [0.15, 0.2) is 0 Å². The number of hydrogen-bond acceptors (Lipinski definition) is 5. The Morgan fingerprint density at radius 2 is 1.42 bits per heavy atom. The minimum Gasteiger partial charge on any atom is -0.480 e. The van der Waals surface area contributed by atoms with Crippen LogP contribution in [0.2, 0.25) is 0 Å². The molecule has 5 aliphatic rings. The van der Waals surface area contributed by atoms with Crippen molar-refractivity contribution in [2.24, 2.45) is 50.2 Å². The lowest BCUT2D eigenvalue weighted by molar-refractivity contribution is -0.231. The van der Waals surface area contributed by atoms with Crippen LogP contribution < -0.4 is 10.6 Å². The Balaban J connectivity index is 1.16. The molecule has 4 fully saturated rings. The van der Waals surface area contributed by atoms with E-state index in [-0.39, 0.29) is 50.2 Å². The summed E-state index contributed by atoms with van der Waals surface area (Å²) in [5.41, 5.74) is 1.17. The van der Waals surface area contributed by atoms with E-state index in [4.69, 9.17) is 5.11 Å². The van der Waals surface area contributed by atoms with E-state index in [1.807, 2.05) is 0 Å². The summed E-state index contributed by atoms with van der Waals surface area (Å²) in [4.78, 5) is 37.2. The first-order chi connectivity index (χ1) is 24.2. The number of carbonyl (C=O) groups is 3. The van der Waals surface area contributed by atoms with Crippen molar-refractivity contribution in [1.29, 1.82) is 0 Å². The molecule has 10 atom stereocenters. The van der Waals surface area contributed by atoms with Gasteiger partial charge in [-0.05, 0) is 122 Å². The van der Waals surface area contributed by atoms with Crippen molar-refractivity contribution in [2.45, 2.75) is 189 Å². The molecule has 0 aromatic carbocycles. The Morgan fingerprint density at radius 3 is 2.08 bits per heavy atom. The molecule has 0 spiro atoms. The van der Waals surface area contributed by atoms with Crippen molar-refractivity contribution in [3.05, 3.63) is 11.6 Å². The molecule has 5 aliphatic carbocycles. The molecule has 2 amide bonds. The first-order valence-electron chi connectivity index (χ1n) is 21.1. The smallest absolute Gasteiger partial charge is 0.325 e. The van der Waals surface area contributed by atoms with E-state index in [1.54, 1.807) is 5.57 Å². The Morgan fingerprint density at radius 1 is 0.808 bits per heavy atom. The average Bonchev–Trinajstić information content (AvgIpc) is 3.06. The minimum absolute atomic E-state index is 0.0161. The zero-order valence-electron chi connectivity index (χ0n) is 34.0. The summed E-state index contributed by atoms with van der Waals surface area (Å²) >= 11 is 0. The molecule has 0 saturated heterocycles. The van der Waals surface area contributed by atoms with Crippen LogP contribution in [0.1, 0.15) is 171 Å². The van der Waals surface area contributed by atoms with Crippen LogP contribution in [0.15, 0.2) is 11.6 Å². The van der Waals surface area contributed by atoms with Crippen molar-refractivity contribution < 1.29 is 29.7 Å². The average molecular weight is 727 g/mol.